The predicted octanol–water partition coefficient (Wildman–Crippen LogP) is 3.50. The molecular weight excluding hydrogens is 332 g/mol. The highest BCUT2D eigenvalue weighted by Crippen LogP contribution is 2.45. The van der Waals surface area contributed by atoms with E-state index in [4.69, 9.17) is 0 Å². The number of aromatic hydroxyl groups is 1. The summed E-state index contributed by atoms with van der Waals surface area (Å²) < 4.78 is 0. The van der Waals surface area contributed by atoms with Crippen LogP contribution in [0, 0.1) is 0 Å². The van der Waals surface area contributed by atoms with Crippen molar-refractivity contribution in [1.82, 2.24) is 9.80 Å². The van der Waals surface area contributed by atoms with E-state index >= 15 is 0 Å². The first-order chi connectivity index (χ1) is 11.9. The van der Waals surface area contributed by atoms with Crippen LogP contribution < -0.4 is 0 Å². The summed E-state index contributed by atoms with van der Waals surface area (Å²) in [6.07, 6.45) is 4.62. The van der Waals surface area contributed by atoms with Gasteiger partial charge in [-0.3, -0.25) is 4.79 Å². The van der Waals surface area contributed by atoms with E-state index in [9.17, 15) is 9.90 Å². The van der Waals surface area contributed by atoms with Crippen molar-refractivity contribution < 1.29 is 9.90 Å². The molecule has 1 heterocycles. The van der Waals surface area contributed by atoms with Crippen LogP contribution in [-0.4, -0.2) is 48.0 Å². The Bertz CT molecular complexity index is 666. The third-order valence-electron chi connectivity index (χ3n) is 4.14. The van der Waals surface area contributed by atoms with Crippen LogP contribution in [0.5, 0.6) is 5.75 Å². The minimum atomic E-state index is -0.317. The molecule has 1 aromatic rings. The fraction of sp³-hybridized carbons (Fsp3) is 0.350. The number of carbonyl (C=O) groups excluding carboxylic acids is 1. The number of amides is 1. The van der Waals surface area contributed by atoms with Crippen LogP contribution in [0.1, 0.15) is 21.9 Å². The molecule has 1 atom stereocenters. The van der Waals surface area contributed by atoms with Gasteiger partial charge in [0.2, 0.25) is 5.91 Å². The molecule has 134 valence electrons. The summed E-state index contributed by atoms with van der Waals surface area (Å²) in [5.41, 5.74) is 2.47. The number of nitrogens with zero attached hydrogens (tertiary/aromatic N) is 2. The van der Waals surface area contributed by atoms with E-state index in [0.717, 1.165) is 28.3 Å². The number of likely N-dealkylation sites (N-methyl/N-ethyl adjacent to an activating group) is 1. The molecule has 0 spiro atoms. The number of thioether (sulfide) groups is 1. The molecule has 0 saturated carbocycles. The molecule has 1 fully saturated rings. The summed E-state index contributed by atoms with van der Waals surface area (Å²) in [6.45, 7) is 13.0. The predicted molar refractivity (Wildman–Crippen MR) is 106 cm³/mol. The van der Waals surface area contributed by atoms with Crippen molar-refractivity contribution >= 4 is 17.7 Å². The van der Waals surface area contributed by atoms with E-state index in [0.29, 0.717) is 19.4 Å². The monoisotopic (exact) mass is 358 g/mol. The molecule has 1 aromatic carbocycles. The second kappa shape index (κ2) is 8.41. The quantitative estimate of drug-likeness (QED) is 0.723. The first-order valence-electron chi connectivity index (χ1n) is 8.27. The van der Waals surface area contributed by atoms with Crippen LogP contribution in [0.25, 0.3) is 0 Å². The molecule has 1 saturated heterocycles. The maximum absolute atomic E-state index is 12.9. The third-order valence-corrected chi connectivity index (χ3v) is 5.34. The van der Waals surface area contributed by atoms with Crippen LogP contribution in [0.4, 0.5) is 0 Å². The molecule has 25 heavy (non-hydrogen) atoms. The van der Waals surface area contributed by atoms with Crippen LogP contribution in [0.15, 0.2) is 49.1 Å². The average molecular weight is 359 g/mol. The molecule has 1 unspecified atom stereocenters. The van der Waals surface area contributed by atoms with Gasteiger partial charge in [0.1, 0.15) is 11.0 Å². The zero-order chi connectivity index (χ0) is 18.6. The topological polar surface area (TPSA) is 43.8 Å². The smallest absolute Gasteiger partial charge is 0.245 e. The van der Waals surface area contributed by atoms with Gasteiger partial charge < -0.3 is 14.9 Å². The molecule has 0 bridgehead atoms. The number of rotatable bonds is 8. The molecule has 1 amide bonds. The van der Waals surface area contributed by atoms with Crippen LogP contribution >= 0.6 is 11.8 Å². The minimum absolute atomic E-state index is 0.0524. The Morgan fingerprint density at radius 2 is 1.80 bits per heavy atom. The second-order valence-corrected chi connectivity index (χ2v) is 7.54. The molecule has 4 nitrogen and oxygen atoms in total. The highest BCUT2D eigenvalue weighted by molar-refractivity contribution is 8.04. The van der Waals surface area contributed by atoms with E-state index in [1.807, 2.05) is 31.1 Å². The zero-order valence-corrected chi connectivity index (χ0v) is 15.8. The molecule has 1 aliphatic rings. The van der Waals surface area contributed by atoms with Gasteiger partial charge in [0.25, 0.3) is 0 Å². The largest absolute Gasteiger partial charge is 0.507 e. The fourth-order valence-electron chi connectivity index (χ4n) is 2.82. The number of carbonyl (C=O) groups is 1. The lowest BCUT2D eigenvalue weighted by Gasteiger charge is -2.19. The van der Waals surface area contributed by atoms with E-state index in [-0.39, 0.29) is 16.9 Å². The summed E-state index contributed by atoms with van der Waals surface area (Å²) in [4.78, 5) is 16.7. The van der Waals surface area contributed by atoms with Gasteiger partial charge in [0.15, 0.2) is 0 Å². The first kappa shape index (κ1) is 19.3. The van der Waals surface area contributed by atoms with Gasteiger partial charge in [0.05, 0.1) is 5.03 Å². The Morgan fingerprint density at radius 1 is 1.24 bits per heavy atom. The SMILES string of the molecule is C=CCc1cc(C2SC(=C)N(CCN(C)C)C2=O)cc(CC=C)c1O. The van der Waals surface area contributed by atoms with Gasteiger partial charge in [-0.05, 0) is 43.6 Å². The molecule has 0 aliphatic carbocycles. The maximum Gasteiger partial charge on any atom is 0.245 e. The summed E-state index contributed by atoms with van der Waals surface area (Å²) >= 11 is 1.48. The maximum atomic E-state index is 12.9. The minimum Gasteiger partial charge on any atom is -0.507 e. The molecule has 2 rings (SSSR count). The van der Waals surface area contributed by atoms with Crippen LogP contribution in [0.3, 0.4) is 0 Å². The lowest BCUT2D eigenvalue weighted by atomic mass is 9.97. The molecule has 0 aromatic heterocycles. The highest BCUT2D eigenvalue weighted by atomic mass is 32.2. The Kier molecular flexibility index (Phi) is 6.51. The lowest BCUT2D eigenvalue weighted by molar-refractivity contribution is -0.127. The molecule has 5 heteroatoms. The number of allylic oxidation sites excluding steroid dienone is 2. The number of hydrogen-bond acceptors (Lipinski definition) is 4. The number of benzene rings is 1. The van der Waals surface area contributed by atoms with Gasteiger partial charge >= 0.3 is 0 Å². The lowest BCUT2D eigenvalue weighted by Crippen LogP contribution is -2.32. The Hall–Kier alpha value is -1.98. The van der Waals surface area contributed by atoms with Crippen molar-refractivity contribution in [2.45, 2.75) is 18.1 Å². The Labute approximate surface area is 154 Å². The van der Waals surface area contributed by atoms with Crippen LogP contribution in [-0.2, 0) is 17.6 Å². The molecule has 1 N–H and O–H groups in total. The zero-order valence-electron chi connectivity index (χ0n) is 15.0. The van der Waals surface area contributed by atoms with E-state index in [1.54, 1.807) is 17.1 Å². The van der Waals surface area contributed by atoms with E-state index in [2.05, 4.69) is 19.7 Å². The average Bonchev–Trinajstić information content (AvgIpc) is 2.84. The van der Waals surface area contributed by atoms with Gasteiger partial charge in [-0.1, -0.05) is 42.6 Å². The van der Waals surface area contributed by atoms with Crippen molar-refractivity contribution in [2.24, 2.45) is 0 Å². The van der Waals surface area contributed by atoms with Gasteiger partial charge in [-0.25, -0.2) is 0 Å². The number of phenolic OH excluding ortho intramolecular Hbond substituents is 1. The number of hydrogen-bond donors (Lipinski definition) is 1. The Morgan fingerprint density at radius 3 is 2.28 bits per heavy atom. The summed E-state index contributed by atoms with van der Waals surface area (Å²) in [5.74, 6) is 0.318. The summed E-state index contributed by atoms with van der Waals surface area (Å²) in [5, 5.41) is 10.9. The van der Waals surface area contributed by atoms with E-state index < -0.39 is 0 Å². The van der Waals surface area contributed by atoms with Crippen molar-refractivity contribution in [3.8, 4) is 5.75 Å². The third kappa shape index (κ3) is 4.35. The van der Waals surface area contributed by atoms with Gasteiger partial charge in [-0.2, -0.15) is 0 Å². The summed E-state index contributed by atoms with van der Waals surface area (Å²) in [6, 6.07) is 3.81. The number of phenols is 1. The van der Waals surface area contributed by atoms with Crippen molar-refractivity contribution in [3.05, 3.63) is 65.7 Å². The van der Waals surface area contributed by atoms with Crippen molar-refractivity contribution in [2.75, 3.05) is 27.2 Å². The highest BCUT2D eigenvalue weighted by Gasteiger charge is 2.37. The molecule has 0 radical (unpaired) electrons. The second-order valence-electron chi connectivity index (χ2n) is 6.36. The first-order valence-corrected chi connectivity index (χ1v) is 9.15. The van der Waals surface area contributed by atoms with Crippen molar-refractivity contribution in [1.29, 1.82) is 0 Å². The Balaban J connectivity index is 2.34. The molecule has 1 aliphatic heterocycles. The van der Waals surface area contributed by atoms with Crippen molar-refractivity contribution in [3.63, 3.8) is 0 Å². The standard InChI is InChI=1S/C20H26N2O2S/c1-6-8-15-12-17(13-16(9-7-2)18(15)23)19-20(24)22(14(3)25-19)11-10-21(4)5/h6-7,12-13,19,23H,1-3,8-11H2,4-5H3. The van der Waals surface area contributed by atoms with Crippen LogP contribution in [0.2, 0.25) is 0 Å². The molecular formula is C20H26N2O2S. The normalized spacial score (nSPS) is 17.4. The van der Waals surface area contributed by atoms with E-state index in [1.165, 1.54) is 11.8 Å². The van der Waals surface area contributed by atoms with Gasteiger partial charge in [-0.15, -0.1) is 13.2 Å². The fourth-order valence-corrected chi connectivity index (χ4v) is 3.90. The van der Waals surface area contributed by atoms with Gasteiger partial charge in [0, 0.05) is 13.1 Å². The summed E-state index contributed by atoms with van der Waals surface area (Å²) in [7, 11) is 3.97.